The van der Waals surface area contributed by atoms with Crippen LogP contribution in [-0.4, -0.2) is 24.7 Å². The summed E-state index contributed by atoms with van der Waals surface area (Å²) in [5.74, 6) is -0.391. The Labute approximate surface area is 174 Å². The molecule has 0 atom stereocenters. The third-order valence-electron chi connectivity index (χ3n) is 5.01. The van der Waals surface area contributed by atoms with Gasteiger partial charge in [0.15, 0.2) is 0 Å². The molecule has 1 amide bonds. The first kappa shape index (κ1) is 19.3. The first-order chi connectivity index (χ1) is 14.1. The summed E-state index contributed by atoms with van der Waals surface area (Å²) in [6.07, 6.45) is 1.56. The largest absolute Gasteiger partial charge is 0.352 e. The lowest BCUT2D eigenvalue weighted by Crippen LogP contribution is -2.25. The SMILES string of the molecule is O=C(NCCc1ccc(F)cc1)c1ccc(C2=NCCc3ccc(Cl)cc32)cc1. The van der Waals surface area contributed by atoms with Crippen LogP contribution in [0.2, 0.25) is 5.02 Å². The number of nitrogens with zero attached hydrogens (tertiary/aromatic N) is 1. The molecule has 29 heavy (non-hydrogen) atoms. The topological polar surface area (TPSA) is 41.5 Å². The average Bonchev–Trinajstić information content (AvgIpc) is 2.75. The van der Waals surface area contributed by atoms with Crippen molar-refractivity contribution in [3.63, 3.8) is 0 Å². The Morgan fingerprint density at radius 3 is 2.55 bits per heavy atom. The van der Waals surface area contributed by atoms with Gasteiger partial charge in [0.05, 0.1) is 5.71 Å². The molecule has 0 fully saturated rings. The average molecular weight is 407 g/mol. The van der Waals surface area contributed by atoms with E-state index in [2.05, 4.69) is 16.4 Å². The summed E-state index contributed by atoms with van der Waals surface area (Å²) in [5, 5.41) is 3.59. The molecule has 3 aromatic rings. The Hall–Kier alpha value is -2.98. The number of fused-ring (bicyclic) bond motifs is 1. The van der Waals surface area contributed by atoms with Crippen LogP contribution >= 0.6 is 11.6 Å². The van der Waals surface area contributed by atoms with E-state index in [9.17, 15) is 9.18 Å². The maximum atomic E-state index is 12.9. The van der Waals surface area contributed by atoms with Crippen molar-refractivity contribution >= 4 is 23.2 Å². The Kier molecular flexibility index (Phi) is 5.72. The second kappa shape index (κ2) is 8.58. The zero-order valence-corrected chi connectivity index (χ0v) is 16.5. The molecule has 0 aliphatic carbocycles. The lowest BCUT2D eigenvalue weighted by Gasteiger charge is -2.17. The molecule has 0 spiro atoms. The Morgan fingerprint density at radius 1 is 1.03 bits per heavy atom. The van der Waals surface area contributed by atoms with Crippen LogP contribution in [0, 0.1) is 5.82 Å². The third kappa shape index (κ3) is 4.54. The number of benzene rings is 3. The van der Waals surface area contributed by atoms with Gasteiger partial charge in [-0.1, -0.05) is 41.9 Å². The van der Waals surface area contributed by atoms with E-state index in [4.69, 9.17) is 11.6 Å². The Morgan fingerprint density at radius 2 is 1.79 bits per heavy atom. The van der Waals surface area contributed by atoms with Crippen molar-refractivity contribution < 1.29 is 9.18 Å². The summed E-state index contributed by atoms with van der Waals surface area (Å²) in [5.41, 5.74) is 5.75. The van der Waals surface area contributed by atoms with Crippen LogP contribution in [0.5, 0.6) is 0 Å². The van der Waals surface area contributed by atoms with Crippen LogP contribution in [0.1, 0.15) is 32.6 Å². The first-order valence-corrected chi connectivity index (χ1v) is 9.94. The van der Waals surface area contributed by atoms with Gasteiger partial charge in [0.25, 0.3) is 5.91 Å². The van der Waals surface area contributed by atoms with Crippen LogP contribution in [0.15, 0.2) is 71.7 Å². The highest BCUT2D eigenvalue weighted by Gasteiger charge is 2.16. The second-order valence-corrected chi connectivity index (χ2v) is 7.43. The molecule has 1 heterocycles. The molecular weight excluding hydrogens is 387 g/mol. The standard InChI is InChI=1S/C24H20ClFN2O/c25-20-8-7-17-12-14-27-23(22(17)15-20)18-3-5-19(6-4-18)24(29)28-13-11-16-1-9-21(26)10-2-16/h1-10,15H,11-14H2,(H,28,29). The predicted octanol–water partition coefficient (Wildman–Crippen LogP) is 4.85. The van der Waals surface area contributed by atoms with Crippen molar-refractivity contribution in [2.75, 3.05) is 13.1 Å². The minimum Gasteiger partial charge on any atom is -0.352 e. The number of hydrogen-bond donors (Lipinski definition) is 1. The molecule has 3 aromatic carbocycles. The normalized spacial score (nSPS) is 12.8. The van der Waals surface area contributed by atoms with Crippen molar-refractivity contribution in [3.05, 3.63) is 105 Å². The number of amides is 1. The molecular formula is C24H20ClFN2O. The highest BCUT2D eigenvalue weighted by Crippen LogP contribution is 2.24. The van der Waals surface area contributed by atoms with Crippen molar-refractivity contribution in [2.45, 2.75) is 12.8 Å². The van der Waals surface area contributed by atoms with E-state index in [0.29, 0.717) is 23.6 Å². The minimum absolute atomic E-state index is 0.132. The van der Waals surface area contributed by atoms with E-state index in [1.54, 1.807) is 12.1 Å². The molecule has 4 rings (SSSR count). The fourth-order valence-corrected chi connectivity index (χ4v) is 3.63. The molecule has 0 saturated heterocycles. The summed E-state index contributed by atoms with van der Waals surface area (Å²) >= 11 is 6.17. The zero-order valence-electron chi connectivity index (χ0n) is 15.8. The van der Waals surface area contributed by atoms with E-state index in [1.165, 1.54) is 17.7 Å². The predicted molar refractivity (Wildman–Crippen MR) is 115 cm³/mol. The van der Waals surface area contributed by atoms with E-state index in [-0.39, 0.29) is 11.7 Å². The van der Waals surface area contributed by atoms with Gasteiger partial charge >= 0.3 is 0 Å². The molecule has 0 radical (unpaired) electrons. The number of halogens is 2. The van der Waals surface area contributed by atoms with Crippen LogP contribution in [0.4, 0.5) is 4.39 Å². The molecule has 5 heteroatoms. The number of carbonyl (C=O) groups is 1. The quantitative estimate of drug-likeness (QED) is 0.646. The summed E-state index contributed by atoms with van der Waals surface area (Å²) in [6, 6.07) is 19.7. The molecule has 0 saturated carbocycles. The second-order valence-electron chi connectivity index (χ2n) is 6.99. The molecule has 0 bridgehead atoms. The van der Waals surface area contributed by atoms with Gasteiger partial charge in [-0.3, -0.25) is 9.79 Å². The van der Waals surface area contributed by atoms with Crippen molar-refractivity contribution in [1.29, 1.82) is 0 Å². The number of rotatable bonds is 5. The molecule has 0 aromatic heterocycles. The van der Waals surface area contributed by atoms with Crippen LogP contribution in [0.3, 0.4) is 0 Å². The van der Waals surface area contributed by atoms with Gasteiger partial charge < -0.3 is 5.32 Å². The molecule has 3 nitrogen and oxygen atoms in total. The Bertz CT molecular complexity index is 1060. The van der Waals surface area contributed by atoms with E-state index < -0.39 is 0 Å². The van der Waals surface area contributed by atoms with Gasteiger partial charge in [-0.05, 0) is 60.4 Å². The number of nitrogens with one attached hydrogen (secondary N) is 1. The van der Waals surface area contributed by atoms with E-state index >= 15 is 0 Å². The molecule has 1 N–H and O–H groups in total. The molecule has 0 unspecified atom stereocenters. The summed E-state index contributed by atoms with van der Waals surface area (Å²) in [6.45, 7) is 1.24. The minimum atomic E-state index is -0.259. The summed E-state index contributed by atoms with van der Waals surface area (Å²) < 4.78 is 12.9. The fourth-order valence-electron chi connectivity index (χ4n) is 3.46. The van der Waals surface area contributed by atoms with Crippen molar-refractivity contribution in [2.24, 2.45) is 4.99 Å². The van der Waals surface area contributed by atoms with Gasteiger partial charge in [-0.2, -0.15) is 0 Å². The van der Waals surface area contributed by atoms with Gasteiger partial charge in [0, 0.05) is 34.8 Å². The number of aliphatic imine (C=N–C) groups is 1. The van der Waals surface area contributed by atoms with Gasteiger partial charge in [0.1, 0.15) is 5.82 Å². The van der Waals surface area contributed by atoms with Crippen LogP contribution < -0.4 is 5.32 Å². The maximum Gasteiger partial charge on any atom is 0.251 e. The van der Waals surface area contributed by atoms with Crippen molar-refractivity contribution in [3.8, 4) is 0 Å². The van der Waals surface area contributed by atoms with Gasteiger partial charge in [-0.15, -0.1) is 0 Å². The maximum absolute atomic E-state index is 12.9. The smallest absolute Gasteiger partial charge is 0.251 e. The number of carbonyl (C=O) groups excluding carboxylic acids is 1. The van der Waals surface area contributed by atoms with E-state index in [0.717, 1.165) is 35.4 Å². The summed E-state index contributed by atoms with van der Waals surface area (Å²) in [4.78, 5) is 17.1. The van der Waals surface area contributed by atoms with E-state index in [1.807, 2.05) is 36.4 Å². The third-order valence-corrected chi connectivity index (χ3v) is 5.25. The van der Waals surface area contributed by atoms with Gasteiger partial charge in [-0.25, -0.2) is 4.39 Å². The molecule has 146 valence electrons. The lowest BCUT2D eigenvalue weighted by atomic mass is 9.93. The summed E-state index contributed by atoms with van der Waals surface area (Å²) in [7, 11) is 0. The lowest BCUT2D eigenvalue weighted by molar-refractivity contribution is 0.0954. The first-order valence-electron chi connectivity index (χ1n) is 9.56. The molecule has 1 aliphatic heterocycles. The zero-order chi connectivity index (χ0) is 20.2. The van der Waals surface area contributed by atoms with Crippen LogP contribution in [-0.2, 0) is 12.8 Å². The number of hydrogen-bond acceptors (Lipinski definition) is 2. The van der Waals surface area contributed by atoms with Gasteiger partial charge in [0.2, 0.25) is 0 Å². The Balaban J connectivity index is 1.41. The molecule has 1 aliphatic rings. The monoisotopic (exact) mass is 406 g/mol. The highest BCUT2D eigenvalue weighted by atomic mass is 35.5. The fraction of sp³-hybridized carbons (Fsp3) is 0.167. The van der Waals surface area contributed by atoms with Crippen LogP contribution in [0.25, 0.3) is 0 Å². The van der Waals surface area contributed by atoms with Crippen molar-refractivity contribution in [1.82, 2.24) is 5.32 Å². The highest BCUT2D eigenvalue weighted by molar-refractivity contribution is 6.31.